The fourth-order valence-corrected chi connectivity index (χ4v) is 1.57. The number of halogens is 3. The topological polar surface area (TPSA) is 41.0 Å². The summed E-state index contributed by atoms with van der Waals surface area (Å²) < 4.78 is 37.1. The van der Waals surface area contributed by atoms with Crippen molar-refractivity contribution >= 4 is 5.82 Å². The zero-order chi connectivity index (χ0) is 14.6. The second-order valence-corrected chi connectivity index (χ2v) is 5.06. The Hall–Kier alpha value is -1.37. The van der Waals surface area contributed by atoms with Crippen LogP contribution in [0, 0.1) is 5.92 Å². The second-order valence-electron chi connectivity index (χ2n) is 5.06. The summed E-state index contributed by atoms with van der Waals surface area (Å²) in [5.41, 5.74) is -0.980. The van der Waals surface area contributed by atoms with Crippen LogP contribution in [0.4, 0.5) is 19.0 Å². The van der Waals surface area contributed by atoms with Gasteiger partial charge in [0.25, 0.3) is 0 Å². The monoisotopic (exact) mass is 276 g/mol. The number of aromatic nitrogens is 2. The molecule has 4 nitrogen and oxygen atoms in total. The highest BCUT2D eigenvalue weighted by atomic mass is 19.4. The lowest BCUT2D eigenvalue weighted by atomic mass is 10.0. The molecule has 1 atom stereocenters. The van der Waals surface area contributed by atoms with Gasteiger partial charge in [0.1, 0.15) is 5.82 Å². The number of nitrogens with one attached hydrogen (secondary N) is 1. The van der Waals surface area contributed by atoms with Crippen molar-refractivity contribution in [3.8, 4) is 0 Å². The molecule has 0 saturated carbocycles. The highest BCUT2D eigenvalue weighted by Crippen LogP contribution is 2.27. The van der Waals surface area contributed by atoms with Gasteiger partial charge in [-0.2, -0.15) is 13.2 Å². The molecule has 0 radical (unpaired) electrons. The minimum Gasteiger partial charge on any atom is -0.364 e. The van der Waals surface area contributed by atoms with E-state index in [1.807, 2.05) is 32.8 Å². The molecule has 19 heavy (non-hydrogen) atoms. The summed E-state index contributed by atoms with van der Waals surface area (Å²) >= 11 is 0. The van der Waals surface area contributed by atoms with Gasteiger partial charge in [0.15, 0.2) is 5.69 Å². The first-order chi connectivity index (χ1) is 8.70. The molecule has 0 bridgehead atoms. The van der Waals surface area contributed by atoms with Crippen LogP contribution >= 0.6 is 0 Å². The Morgan fingerprint density at radius 1 is 1.21 bits per heavy atom. The average Bonchev–Trinajstić information content (AvgIpc) is 2.27. The van der Waals surface area contributed by atoms with Crippen molar-refractivity contribution in [1.29, 1.82) is 0 Å². The molecule has 0 amide bonds. The molecule has 0 spiro atoms. The van der Waals surface area contributed by atoms with E-state index in [4.69, 9.17) is 0 Å². The molecule has 7 heteroatoms. The summed E-state index contributed by atoms with van der Waals surface area (Å²) in [7, 11) is 3.88. The first-order valence-electron chi connectivity index (χ1n) is 6.02. The standard InChI is InChI=1S/C12H19F3N4/c1-8(2)9(7-19(3)4)16-11-6-5-10(17-18-11)12(13,14)15/h5-6,8-9H,7H2,1-4H3,(H,16,18). The second kappa shape index (κ2) is 6.18. The molecule has 1 rings (SSSR count). The number of hydrogen-bond acceptors (Lipinski definition) is 4. The largest absolute Gasteiger partial charge is 0.435 e. The van der Waals surface area contributed by atoms with Crippen LogP contribution in [-0.4, -0.2) is 41.8 Å². The Balaban J connectivity index is 2.75. The summed E-state index contributed by atoms with van der Waals surface area (Å²) in [5, 5.41) is 9.87. The molecule has 108 valence electrons. The molecule has 0 saturated heterocycles. The van der Waals surface area contributed by atoms with Gasteiger partial charge in [-0.1, -0.05) is 13.8 Å². The van der Waals surface area contributed by atoms with E-state index in [-0.39, 0.29) is 6.04 Å². The molecule has 1 heterocycles. The Bertz CT molecular complexity index is 387. The Kier molecular flexibility index (Phi) is 5.11. The van der Waals surface area contributed by atoms with E-state index in [1.54, 1.807) is 0 Å². The fourth-order valence-electron chi connectivity index (χ4n) is 1.57. The molecule has 1 unspecified atom stereocenters. The van der Waals surface area contributed by atoms with Crippen LogP contribution in [0.25, 0.3) is 0 Å². The lowest BCUT2D eigenvalue weighted by Crippen LogP contribution is -2.36. The van der Waals surface area contributed by atoms with Crippen molar-refractivity contribution in [1.82, 2.24) is 15.1 Å². The number of alkyl halides is 3. The number of anilines is 1. The summed E-state index contributed by atoms with van der Waals surface area (Å²) in [6.07, 6.45) is -4.45. The van der Waals surface area contributed by atoms with E-state index in [9.17, 15) is 13.2 Å². The van der Waals surface area contributed by atoms with Crippen LogP contribution in [0.2, 0.25) is 0 Å². The lowest BCUT2D eigenvalue weighted by Gasteiger charge is -2.25. The fraction of sp³-hybridized carbons (Fsp3) is 0.667. The van der Waals surface area contributed by atoms with Gasteiger partial charge in [0.05, 0.1) is 0 Å². The maximum Gasteiger partial charge on any atom is 0.435 e. The van der Waals surface area contributed by atoms with Crippen LogP contribution < -0.4 is 5.32 Å². The van der Waals surface area contributed by atoms with Gasteiger partial charge in [0, 0.05) is 12.6 Å². The minimum absolute atomic E-state index is 0.0982. The van der Waals surface area contributed by atoms with E-state index in [2.05, 4.69) is 15.5 Å². The van der Waals surface area contributed by atoms with Gasteiger partial charge < -0.3 is 10.2 Å². The Labute approximate surface area is 111 Å². The third-order valence-electron chi connectivity index (χ3n) is 2.65. The SMILES string of the molecule is CC(C)C(CN(C)C)Nc1ccc(C(F)(F)F)nn1. The lowest BCUT2D eigenvalue weighted by molar-refractivity contribution is -0.141. The predicted molar refractivity (Wildman–Crippen MR) is 67.8 cm³/mol. The molecule has 0 fully saturated rings. The van der Waals surface area contributed by atoms with Crippen molar-refractivity contribution in [2.24, 2.45) is 5.92 Å². The molecule has 1 N–H and O–H groups in total. The maximum atomic E-state index is 12.4. The summed E-state index contributed by atoms with van der Waals surface area (Å²) in [6, 6.07) is 2.34. The molecule has 0 aliphatic heterocycles. The van der Waals surface area contributed by atoms with Crippen LogP contribution in [0.15, 0.2) is 12.1 Å². The van der Waals surface area contributed by atoms with Crippen LogP contribution in [0.5, 0.6) is 0 Å². The molecule has 0 aliphatic carbocycles. The normalized spacial score (nSPS) is 13.9. The number of nitrogens with zero attached hydrogens (tertiary/aromatic N) is 3. The predicted octanol–water partition coefficient (Wildman–Crippen LogP) is 2.49. The Morgan fingerprint density at radius 3 is 2.21 bits per heavy atom. The minimum atomic E-state index is -4.45. The summed E-state index contributed by atoms with van der Waals surface area (Å²) in [6.45, 7) is 4.84. The highest BCUT2D eigenvalue weighted by molar-refractivity contribution is 5.35. The molecule has 0 aliphatic rings. The zero-order valence-electron chi connectivity index (χ0n) is 11.5. The molecule has 1 aromatic rings. The Morgan fingerprint density at radius 2 is 1.84 bits per heavy atom. The van der Waals surface area contributed by atoms with Crippen molar-refractivity contribution in [2.45, 2.75) is 26.1 Å². The van der Waals surface area contributed by atoms with E-state index in [0.29, 0.717) is 11.7 Å². The highest BCUT2D eigenvalue weighted by Gasteiger charge is 2.32. The zero-order valence-corrected chi connectivity index (χ0v) is 11.5. The third-order valence-corrected chi connectivity index (χ3v) is 2.65. The molecular formula is C12H19F3N4. The van der Waals surface area contributed by atoms with Crippen LogP contribution in [-0.2, 0) is 6.18 Å². The maximum absolute atomic E-state index is 12.4. The van der Waals surface area contributed by atoms with Gasteiger partial charge in [-0.05, 0) is 32.1 Å². The smallest absolute Gasteiger partial charge is 0.364 e. The van der Waals surface area contributed by atoms with E-state index < -0.39 is 11.9 Å². The van der Waals surface area contributed by atoms with Crippen molar-refractivity contribution in [2.75, 3.05) is 26.0 Å². The molecule has 1 aromatic heterocycles. The molecule has 0 aromatic carbocycles. The van der Waals surface area contributed by atoms with Gasteiger partial charge in [-0.3, -0.25) is 0 Å². The van der Waals surface area contributed by atoms with Crippen molar-refractivity contribution in [3.63, 3.8) is 0 Å². The van der Waals surface area contributed by atoms with Gasteiger partial charge in [-0.15, -0.1) is 10.2 Å². The van der Waals surface area contributed by atoms with E-state index >= 15 is 0 Å². The quantitative estimate of drug-likeness (QED) is 0.897. The van der Waals surface area contributed by atoms with Crippen LogP contribution in [0.1, 0.15) is 19.5 Å². The number of likely N-dealkylation sites (N-methyl/N-ethyl adjacent to an activating group) is 1. The van der Waals surface area contributed by atoms with Crippen molar-refractivity contribution < 1.29 is 13.2 Å². The third kappa shape index (κ3) is 5.02. The van der Waals surface area contributed by atoms with Gasteiger partial charge in [-0.25, -0.2) is 0 Å². The average molecular weight is 276 g/mol. The van der Waals surface area contributed by atoms with Crippen LogP contribution in [0.3, 0.4) is 0 Å². The van der Waals surface area contributed by atoms with E-state index in [1.165, 1.54) is 6.07 Å². The first-order valence-corrected chi connectivity index (χ1v) is 6.02. The summed E-state index contributed by atoms with van der Waals surface area (Å²) in [5.74, 6) is 0.681. The molecular weight excluding hydrogens is 257 g/mol. The summed E-state index contributed by atoms with van der Waals surface area (Å²) in [4.78, 5) is 2.01. The number of rotatable bonds is 5. The van der Waals surface area contributed by atoms with E-state index in [0.717, 1.165) is 12.6 Å². The van der Waals surface area contributed by atoms with Gasteiger partial charge in [0.2, 0.25) is 0 Å². The first kappa shape index (κ1) is 15.7. The van der Waals surface area contributed by atoms with Gasteiger partial charge >= 0.3 is 6.18 Å². The van der Waals surface area contributed by atoms with Crippen molar-refractivity contribution in [3.05, 3.63) is 17.8 Å². The number of hydrogen-bond donors (Lipinski definition) is 1.